The summed E-state index contributed by atoms with van der Waals surface area (Å²) in [6, 6.07) is 0. The van der Waals surface area contributed by atoms with Crippen LogP contribution in [0.5, 0.6) is 0 Å². The summed E-state index contributed by atoms with van der Waals surface area (Å²) in [7, 11) is 0. The summed E-state index contributed by atoms with van der Waals surface area (Å²) in [6.07, 6.45) is -4.75. The van der Waals surface area contributed by atoms with E-state index in [0.717, 1.165) is 4.57 Å². The molecule has 0 atom stereocenters. The van der Waals surface area contributed by atoms with Crippen LogP contribution in [-0.4, -0.2) is 43.2 Å². The molecule has 1 amide bonds. The van der Waals surface area contributed by atoms with Crippen LogP contribution in [0.3, 0.4) is 0 Å². The molecule has 0 bridgehead atoms. The van der Waals surface area contributed by atoms with Crippen molar-refractivity contribution in [3.8, 4) is 0 Å². The average Bonchev–Trinajstić information content (AvgIpc) is 2.78. The highest BCUT2D eigenvalue weighted by Crippen LogP contribution is 2.30. The molecule has 0 unspecified atom stereocenters. The second kappa shape index (κ2) is 5.82. The smallest absolute Gasteiger partial charge is 0.451 e. The topological polar surface area (TPSA) is 88.3 Å². The first-order chi connectivity index (χ1) is 10.5. The van der Waals surface area contributed by atoms with E-state index in [4.69, 9.17) is 5.11 Å². The number of carbonyl (C=O) groups excluding carboxylic acids is 1. The van der Waals surface area contributed by atoms with Gasteiger partial charge in [0.2, 0.25) is 11.7 Å². The Morgan fingerprint density at radius 2 is 1.83 bits per heavy atom. The number of hydrogen-bond acceptors (Lipinski definition) is 4. The van der Waals surface area contributed by atoms with Gasteiger partial charge in [0.05, 0.1) is 13.0 Å². The Kier molecular flexibility index (Phi) is 4.36. The minimum absolute atomic E-state index is 0.000431. The molecule has 0 fully saturated rings. The van der Waals surface area contributed by atoms with Crippen LogP contribution in [0.1, 0.15) is 38.3 Å². The number of carboxylic acid groups (broad SMARTS) is 1. The standard InChI is InChI=1S/C13H17F3N4O3/c1-12(2,6-10(22)23)5-9(21)19-3-4-20-8(7-19)17-18-11(20)13(14,15)16/h3-7H2,1-2H3,(H,22,23). The lowest BCUT2D eigenvalue weighted by Gasteiger charge is -2.31. The maximum atomic E-state index is 12.7. The molecule has 23 heavy (non-hydrogen) atoms. The third kappa shape index (κ3) is 3.99. The van der Waals surface area contributed by atoms with Crippen molar-refractivity contribution in [3.63, 3.8) is 0 Å². The Morgan fingerprint density at radius 3 is 2.39 bits per heavy atom. The summed E-state index contributed by atoms with van der Waals surface area (Å²) in [5.74, 6) is -2.30. The lowest BCUT2D eigenvalue weighted by atomic mass is 9.85. The van der Waals surface area contributed by atoms with Gasteiger partial charge in [-0.25, -0.2) is 0 Å². The molecule has 1 N–H and O–H groups in total. The van der Waals surface area contributed by atoms with Crippen LogP contribution >= 0.6 is 0 Å². The second-order valence-electron chi connectivity index (χ2n) is 6.32. The number of carboxylic acids is 1. The Hall–Kier alpha value is -2.13. The first kappa shape index (κ1) is 17.2. The van der Waals surface area contributed by atoms with E-state index in [0.29, 0.717) is 0 Å². The third-order valence-corrected chi connectivity index (χ3v) is 3.62. The number of nitrogens with zero attached hydrogens (tertiary/aromatic N) is 4. The molecule has 0 spiro atoms. The first-order valence-corrected chi connectivity index (χ1v) is 6.98. The molecule has 0 aliphatic carbocycles. The average molecular weight is 334 g/mol. The monoisotopic (exact) mass is 334 g/mol. The summed E-state index contributed by atoms with van der Waals surface area (Å²) < 4.78 is 39.2. The van der Waals surface area contributed by atoms with E-state index >= 15 is 0 Å². The van der Waals surface area contributed by atoms with Crippen molar-refractivity contribution in [2.24, 2.45) is 5.41 Å². The molecular weight excluding hydrogens is 317 g/mol. The lowest BCUT2D eigenvalue weighted by molar-refractivity contribution is -0.148. The fourth-order valence-electron chi connectivity index (χ4n) is 2.57. The number of rotatable bonds is 4. The highest BCUT2D eigenvalue weighted by atomic mass is 19.4. The Bertz CT molecular complexity index is 624. The normalized spacial score (nSPS) is 15.4. The zero-order chi connectivity index (χ0) is 17.4. The van der Waals surface area contributed by atoms with Crippen LogP contribution in [0.2, 0.25) is 0 Å². The zero-order valence-corrected chi connectivity index (χ0v) is 12.7. The van der Waals surface area contributed by atoms with Crippen molar-refractivity contribution >= 4 is 11.9 Å². The van der Waals surface area contributed by atoms with E-state index < -0.39 is 23.4 Å². The van der Waals surface area contributed by atoms with E-state index in [1.165, 1.54) is 4.90 Å². The molecule has 128 valence electrons. The maximum Gasteiger partial charge on any atom is 0.451 e. The molecule has 2 heterocycles. The summed E-state index contributed by atoms with van der Waals surface area (Å²) in [4.78, 5) is 24.4. The van der Waals surface area contributed by atoms with Crippen LogP contribution in [0, 0.1) is 5.41 Å². The number of aromatic nitrogens is 3. The first-order valence-electron chi connectivity index (χ1n) is 6.98. The van der Waals surface area contributed by atoms with Crippen LogP contribution in [0.15, 0.2) is 0 Å². The van der Waals surface area contributed by atoms with Crippen LogP contribution in [-0.2, 0) is 28.9 Å². The summed E-state index contributed by atoms with van der Waals surface area (Å²) >= 11 is 0. The van der Waals surface area contributed by atoms with Crippen molar-refractivity contribution < 1.29 is 27.9 Å². The molecular formula is C13H17F3N4O3. The minimum atomic E-state index is -4.58. The van der Waals surface area contributed by atoms with E-state index in [1.807, 2.05) is 0 Å². The fourth-order valence-corrected chi connectivity index (χ4v) is 2.57. The van der Waals surface area contributed by atoms with Gasteiger partial charge in [-0.1, -0.05) is 13.8 Å². The molecule has 1 aromatic heterocycles. The van der Waals surface area contributed by atoms with Gasteiger partial charge in [0.25, 0.3) is 0 Å². The highest BCUT2D eigenvalue weighted by molar-refractivity contribution is 5.78. The van der Waals surface area contributed by atoms with Gasteiger partial charge in [-0.05, 0) is 5.41 Å². The highest BCUT2D eigenvalue weighted by Gasteiger charge is 2.40. The predicted molar refractivity (Wildman–Crippen MR) is 71.1 cm³/mol. The van der Waals surface area contributed by atoms with Crippen molar-refractivity contribution in [3.05, 3.63) is 11.6 Å². The van der Waals surface area contributed by atoms with Gasteiger partial charge in [0, 0.05) is 19.5 Å². The van der Waals surface area contributed by atoms with Gasteiger partial charge in [-0.3, -0.25) is 9.59 Å². The molecule has 10 heteroatoms. The second-order valence-corrected chi connectivity index (χ2v) is 6.32. The quantitative estimate of drug-likeness (QED) is 0.902. The Labute approximate surface area is 130 Å². The van der Waals surface area contributed by atoms with E-state index in [2.05, 4.69) is 10.2 Å². The molecule has 1 aliphatic heterocycles. The maximum absolute atomic E-state index is 12.7. The molecule has 0 aromatic carbocycles. The SMILES string of the molecule is CC(C)(CC(=O)O)CC(=O)N1CCn2c(nnc2C(F)(F)F)C1. The van der Waals surface area contributed by atoms with Gasteiger partial charge in [0.15, 0.2) is 5.82 Å². The van der Waals surface area contributed by atoms with E-state index in [9.17, 15) is 22.8 Å². The molecule has 7 nitrogen and oxygen atoms in total. The van der Waals surface area contributed by atoms with E-state index in [-0.39, 0.29) is 44.2 Å². The van der Waals surface area contributed by atoms with Crippen molar-refractivity contribution in [2.75, 3.05) is 6.54 Å². The number of carbonyl (C=O) groups is 2. The molecule has 1 aliphatic rings. The molecule has 0 saturated heterocycles. The molecule has 1 aromatic rings. The summed E-state index contributed by atoms with van der Waals surface area (Å²) in [5, 5.41) is 15.5. The third-order valence-electron chi connectivity index (χ3n) is 3.62. The number of alkyl halides is 3. The van der Waals surface area contributed by atoms with Gasteiger partial charge in [-0.15, -0.1) is 10.2 Å². The molecule has 0 radical (unpaired) electrons. The van der Waals surface area contributed by atoms with Gasteiger partial charge < -0.3 is 14.6 Å². The largest absolute Gasteiger partial charge is 0.481 e. The number of aliphatic carboxylic acids is 1. The van der Waals surface area contributed by atoms with Crippen LogP contribution in [0.4, 0.5) is 13.2 Å². The van der Waals surface area contributed by atoms with Crippen molar-refractivity contribution in [1.82, 2.24) is 19.7 Å². The molecule has 0 saturated carbocycles. The van der Waals surface area contributed by atoms with Crippen LogP contribution in [0.25, 0.3) is 0 Å². The van der Waals surface area contributed by atoms with Crippen molar-refractivity contribution in [2.45, 2.75) is 46.0 Å². The lowest BCUT2D eigenvalue weighted by Crippen LogP contribution is -2.41. The Balaban J connectivity index is 2.07. The number of amides is 1. The van der Waals surface area contributed by atoms with Gasteiger partial charge in [0.1, 0.15) is 0 Å². The zero-order valence-electron chi connectivity index (χ0n) is 12.7. The van der Waals surface area contributed by atoms with Crippen LogP contribution < -0.4 is 0 Å². The summed E-state index contributed by atoms with van der Waals surface area (Å²) in [6.45, 7) is 3.32. The minimum Gasteiger partial charge on any atom is -0.481 e. The Morgan fingerprint density at radius 1 is 1.17 bits per heavy atom. The van der Waals surface area contributed by atoms with Gasteiger partial charge in [-0.2, -0.15) is 13.2 Å². The number of halogens is 3. The van der Waals surface area contributed by atoms with Crippen molar-refractivity contribution in [1.29, 1.82) is 0 Å². The van der Waals surface area contributed by atoms with Gasteiger partial charge >= 0.3 is 12.1 Å². The number of hydrogen-bond donors (Lipinski definition) is 1. The predicted octanol–water partition coefficient (Wildman–Crippen LogP) is 1.53. The van der Waals surface area contributed by atoms with E-state index in [1.54, 1.807) is 13.8 Å². The summed E-state index contributed by atoms with van der Waals surface area (Å²) in [5.41, 5.74) is -0.731. The molecule has 2 rings (SSSR count). The number of fused-ring (bicyclic) bond motifs is 1. The fraction of sp³-hybridized carbons (Fsp3) is 0.692.